The molecular weight excluding hydrogens is 486 g/mol. The number of fused-ring (bicyclic) bond motifs is 3. The monoisotopic (exact) mass is 500 g/mol. The van der Waals surface area contributed by atoms with Crippen LogP contribution in [-0.4, -0.2) is 27.3 Å². The number of carbonyl (C=O) groups is 1. The highest BCUT2D eigenvalue weighted by molar-refractivity contribution is 9.10. The fourth-order valence-electron chi connectivity index (χ4n) is 5.17. The second-order valence-corrected chi connectivity index (χ2v) is 9.09. The lowest BCUT2D eigenvalue weighted by Crippen LogP contribution is -2.60. The van der Waals surface area contributed by atoms with Gasteiger partial charge in [-0.1, -0.05) is 70.0 Å². The van der Waals surface area contributed by atoms with E-state index in [9.17, 15) is 20.1 Å². The Morgan fingerprint density at radius 1 is 1.13 bits per heavy atom. The van der Waals surface area contributed by atoms with Crippen LogP contribution in [-0.2, 0) is 16.0 Å². The topological polar surface area (TPSA) is 103 Å². The van der Waals surface area contributed by atoms with Crippen molar-refractivity contribution in [2.24, 2.45) is 5.92 Å². The van der Waals surface area contributed by atoms with Gasteiger partial charge in [0.05, 0.1) is 23.2 Å². The Morgan fingerprint density at radius 2 is 1.81 bits per heavy atom. The zero-order valence-corrected chi connectivity index (χ0v) is 18.2. The maximum absolute atomic E-state index is 14.8. The number of carboxylic acids is 1. The maximum Gasteiger partial charge on any atom is 0.309 e. The summed E-state index contributed by atoms with van der Waals surface area (Å²) in [5.74, 6) is -3.53. The summed E-state index contributed by atoms with van der Waals surface area (Å²) in [7, 11) is 0. The molecule has 1 aliphatic heterocycles. The summed E-state index contributed by atoms with van der Waals surface area (Å²) >= 11 is 9.77. The third-order valence-corrected chi connectivity index (χ3v) is 7.14. The molecule has 0 unspecified atom stereocenters. The van der Waals surface area contributed by atoms with E-state index in [-0.39, 0.29) is 16.3 Å². The van der Waals surface area contributed by atoms with Gasteiger partial charge in [-0.15, -0.1) is 0 Å². The summed E-state index contributed by atoms with van der Waals surface area (Å²) in [6.45, 7) is 0. The molecule has 1 saturated carbocycles. The summed E-state index contributed by atoms with van der Waals surface area (Å²) < 4.78 is 7.13. The Kier molecular flexibility index (Phi) is 4.64. The molecule has 8 heteroatoms. The molecule has 0 amide bonds. The molecule has 1 aromatic heterocycles. The van der Waals surface area contributed by atoms with Crippen molar-refractivity contribution < 1.29 is 24.9 Å². The Bertz CT molecular complexity index is 1170. The van der Waals surface area contributed by atoms with Crippen LogP contribution >= 0.6 is 27.5 Å². The second-order valence-electron chi connectivity index (χ2n) is 7.77. The van der Waals surface area contributed by atoms with Crippen LogP contribution in [0.3, 0.4) is 0 Å². The molecule has 0 saturated heterocycles. The molecule has 6 nitrogen and oxygen atoms in total. The molecule has 5 rings (SSSR count). The number of rotatable bonds is 3. The molecule has 5 atom stereocenters. The first-order valence-electron chi connectivity index (χ1n) is 9.57. The van der Waals surface area contributed by atoms with Crippen molar-refractivity contribution in [3.8, 4) is 5.75 Å². The van der Waals surface area contributed by atoms with Gasteiger partial charge in [0.25, 0.3) is 0 Å². The minimum absolute atomic E-state index is 0.0309. The predicted molar refractivity (Wildman–Crippen MR) is 114 cm³/mol. The van der Waals surface area contributed by atoms with Gasteiger partial charge >= 0.3 is 5.97 Å². The van der Waals surface area contributed by atoms with Crippen molar-refractivity contribution in [1.29, 1.82) is 0 Å². The van der Waals surface area contributed by atoms with Gasteiger partial charge in [0.15, 0.2) is 0 Å². The summed E-state index contributed by atoms with van der Waals surface area (Å²) in [5.41, 5.74) is -3.07. The minimum atomic E-state index is -2.38. The third kappa shape index (κ3) is 2.58. The van der Waals surface area contributed by atoms with Crippen LogP contribution in [0.2, 0.25) is 5.02 Å². The van der Waals surface area contributed by atoms with E-state index in [1.807, 2.05) is 0 Å². The first kappa shape index (κ1) is 20.5. The molecule has 1 fully saturated rings. The quantitative estimate of drug-likeness (QED) is 0.571. The Balaban J connectivity index is 1.89. The molecule has 0 radical (unpaired) electrons. The van der Waals surface area contributed by atoms with E-state index >= 15 is 0 Å². The van der Waals surface area contributed by atoms with Gasteiger partial charge < -0.3 is 20.1 Å². The van der Waals surface area contributed by atoms with Crippen molar-refractivity contribution in [2.75, 3.05) is 0 Å². The largest absolute Gasteiger partial charge is 0.841 e. The van der Waals surface area contributed by atoms with E-state index in [0.717, 1.165) is 4.47 Å². The molecule has 2 heterocycles. The summed E-state index contributed by atoms with van der Waals surface area (Å²) in [4.78, 5) is 16.4. The first-order valence-corrected chi connectivity index (χ1v) is 10.7. The maximum atomic E-state index is 14.8. The SMILES string of the molecule is O=C(O)[C@H]1[C@@H](O)[C@@]2([O-])c3c(Cl)cncc3O[C@@]2(c2ccc(Br)cc2)[C@@H]1c1ccccc1. The number of pyridine rings is 1. The summed E-state index contributed by atoms with van der Waals surface area (Å²) in [6, 6.07) is 15.7. The number of hydrogen-bond donors (Lipinski definition) is 2. The van der Waals surface area contributed by atoms with E-state index in [1.54, 1.807) is 54.6 Å². The number of benzene rings is 2. The zero-order valence-electron chi connectivity index (χ0n) is 15.9. The third-order valence-electron chi connectivity index (χ3n) is 6.33. The molecule has 2 aliphatic rings. The van der Waals surface area contributed by atoms with Crippen LogP contribution in [0.4, 0.5) is 0 Å². The highest BCUT2D eigenvalue weighted by Gasteiger charge is 2.72. The lowest BCUT2D eigenvalue weighted by molar-refractivity contribution is -0.527. The van der Waals surface area contributed by atoms with Crippen LogP contribution in [0.25, 0.3) is 0 Å². The number of carboxylic acid groups (broad SMARTS) is 1. The lowest BCUT2D eigenvalue weighted by atomic mass is 9.71. The van der Waals surface area contributed by atoms with E-state index in [4.69, 9.17) is 16.3 Å². The molecule has 3 aromatic rings. The van der Waals surface area contributed by atoms with Crippen LogP contribution < -0.4 is 9.84 Å². The highest BCUT2D eigenvalue weighted by Crippen LogP contribution is 2.67. The number of nitrogens with zero attached hydrogens (tertiary/aromatic N) is 1. The number of hydrogen-bond acceptors (Lipinski definition) is 5. The predicted octanol–water partition coefficient (Wildman–Crippen LogP) is 3.20. The lowest BCUT2D eigenvalue weighted by Gasteiger charge is -2.49. The molecule has 158 valence electrons. The van der Waals surface area contributed by atoms with Gasteiger partial charge in [-0.05, 0) is 28.9 Å². The fourth-order valence-corrected chi connectivity index (χ4v) is 5.72. The number of aliphatic hydroxyl groups excluding tert-OH is 1. The molecule has 0 spiro atoms. The minimum Gasteiger partial charge on any atom is -0.841 e. The van der Waals surface area contributed by atoms with Crippen molar-refractivity contribution in [1.82, 2.24) is 4.98 Å². The number of aromatic nitrogens is 1. The van der Waals surface area contributed by atoms with E-state index < -0.39 is 35.1 Å². The van der Waals surface area contributed by atoms with Crippen LogP contribution in [0.15, 0.2) is 71.5 Å². The van der Waals surface area contributed by atoms with E-state index in [0.29, 0.717) is 11.1 Å². The highest BCUT2D eigenvalue weighted by atomic mass is 79.9. The summed E-state index contributed by atoms with van der Waals surface area (Å²) in [6.07, 6.45) is 0.879. The van der Waals surface area contributed by atoms with Crippen molar-refractivity contribution in [2.45, 2.75) is 23.2 Å². The molecule has 2 aromatic carbocycles. The van der Waals surface area contributed by atoms with Gasteiger partial charge in [0, 0.05) is 22.2 Å². The van der Waals surface area contributed by atoms with Crippen LogP contribution in [0.1, 0.15) is 22.6 Å². The standard InChI is InChI=1S/C23H16BrClNO5/c24-14-8-6-13(7-9-14)23-18(12-4-2-1-3-5-12)17(21(28)29)20(27)22(23,30)19-15(25)10-26-11-16(19)31-23/h1-11,17-18,20,27H,(H,28,29)/q-1/t17-,18-,20-,22+,23+/m1/s1. The smallest absolute Gasteiger partial charge is 0.309 e. The van der Waals surface area contributed by atoms with Crippen molar-refractivity contribution >= 4 is 33.5 Å². The molecule has 1 aliphatic carbocycles. The first-order chi connectivity index (χ1) is 14.8. The summed E-state index contributed by atoms with van der Waals surface area (Å²) in [5, 5.41) is 36.2. The second kappa shape index (κ2) is 7.03. The molecule has 31 heavy (non-hydrogen) atoms. The molecular formula is C23H16BrClNO5-. The van der Waals surface area contributed by atoms with E-state index in [1.165, 1.54) is 12.4 Å². The van der Waals surface area contributed by atoms with Gasteiger partial charge in [-0.2, -0.15) is 0 Å². The average Bonchev–Trinajstić information content (AvgIpc) is 3.13. The Morgan fingerprint density at radius 3 is 2.45 bits per heavy atom. The van der Waals surface area contributed by atoms with E-state index in [2.05, 4.69) is 20.9 Å². The number of halogens is 2. The van der Waals surface area contributed by atoms with Crippen LogP contribution in [0.5, 0.6) is 5.75 Å². The van der Waals surface area contributed by atoms with Gasteiger partial charge in [0.2, 0.25) is 0 Å². The number of aliphatic hydroxyl groups is 1. The average molecular weight is 502 g/mol. The van der Waals surface area contributed by atoms with Gasteiger partial charge in [0.1, 0.15) is 11.4 Å². The van der Waals surface area contributed by atoms with Crippen LogP contribution in [0, 0.1) is 5.92 Å². The number of aliphatic carboxylic acids is 1. The van der Waals surface area contributed by atoms with Gasteiger partial charge in [-0.25, -0.2) is 0 Å². The normalized spacial score (nSPS) is 31.0. The fraction of sp³-hybridized carbons (Fsp3) is 0.217. The van der Waals surface area contributed by atoms with Crippen molar-refractivity contribution in [3.05, 3.63) is 93.2 Å². The molecule has 0 bridgehead atoms. The number of ether oxygens (including phenoxy) is 1. The zero-order chi connectivity index (χ0) is 22.0. The van der Waals surface area contributed by atoms with Gasteiger partial charge in [-0.3, -0.25) is 9.78 Å². The Hall–Kier alpha value is -2.45. The Labute approximate surface area is 191 Å². The molecule has 2 N–H and O–H groups in total. The van der Waals surface area contributed by atoms with Crippen molar-refractivity contribution in [3.63, 3.8) is 0 Å².